The average molecular weight is 401 g/mol. The molecule has 0 atom stereocenters. The Hall–Kier alpha value is -3.10. The van der Waals surface area contributed by atoms with Crippen molar-refractivity contribution >= 4 is 27.1 Å². The average Bonchev–Trinajstić information content (AvgIpc) is 3.40. The standard InChI is InChI=1S/C24H24N4S/c1-2-3-11-27(22-8-9-24-21(13-22)10-12-29-24)17-23-15-26-18-28(23)16-20-6-4-19(14-25)5-7-20/h4-10,12-13,15,18H,2-3,11,16-17H2,1H3. The maximum absolute atomic E-state index is 8.99. The largest absolute Gasteiger partial charge is 0.366 e. The number of aromatic nitrogens is 2. The Bertz CT molecular complexity index is 1120. The normalized spacial score (nSPS) is 10.9. The number of benzene rings is 2. The van der Waals surface area contributed by atoms with Gasteiger partial charge in [0.25, 0.3) is 0 Å². The molecular weight excluding hydrogens is 376 g/mol. The van der Waals surface area contributed by atoms with Gasteiger partial charge in [-0.1, -0.05) is 25.5 Å². The van der Waals surface area contributed by atoms with Gasteiger partial charge in [-0.05, 0) is 59.1 Å². The van der Waals surface area contributed by atoms with Gasteiger partial charge in [0.15, 0.2) is 0 Å². The van der Waals surface area contributed by atoms with E-state index in [0.29, 0.717) is 5.56 Å². The molecule has 4 rings (SSSR count). The predicted molar refractivity (Wildman–Crippen MR) is 120 cm³/mol. The molecule has 2 heterocycles. The Morgan fingerprint density at radius 1 is 1.14 bits per heavy atom. The van der Waals surface area contributed by atoms with Gasteiger partial charge in [0.05, 0.1) is 30.2 Å². The lowest BCUT2D eigenvalue weighted by molar-refractivity contribution is 0.672. The lowest BCUT2D eigenvalue weighted by Crippen LogP contribution is -2.25. The molecule has 2 aromatic heterocycles. The van der Waals surface area contributed by atoms with E-state index in [-0.39, 0.29) is 0 Å². The summed E-state index contributed by atoms with van der Waals surface area (Å²) in [5, 5.41) is 12.4. The molecule has 0 unspecified atom stereocenters. The molecule has 0 aliphatic heterocycles. The van der Waals surface area contributed by atoms with Gasteiger partial charge in [-0.3, -0.25) is 0 Å². The van der Waals surface area contributed by atoms with E-state index in [0.717, 1.165) is 26.1 Å². The van der Waals surface area contributed by atoms with Gasteiger partial charge in [0.1, 0.15) is 0 Å². The summed E-state index contributed by atoms with van der Waals surface area (Å²) in [6, 6.07) is 18.9. The monoisotopic (exact) mass is 400 g/mol. The Morgan fingerprint density at radius 3 is 2.79 bits per heavy atom. The van der Waals surface area contributed by atoms with E-state index in [1.54, 1.807) is 11.3 Å². The summed E-state index contributed by atoms with van der Waals surface area (Å²) in [5.41, 5.74) is 4.31. The van der Waals surface area contributed by atoms with Crippen molar-refractivity contribution in [3.8, 4) is 6.07 Å². The number of unbranched alkanes of at least 4 members (excludes halogenated alkanes) is 1. The molecule has 0 saturated heterocycles. The van der Waals surface area contributed by atoms with Crippen LogP contribution in [0.1, 0.15) is 36.6 Å². The van der Waals surface area contributed by atoms with E-state index in [4.69, 9.17) is 5.26 Å². The Kier molecular flexibility index (Phi) is 5.92. The Morgan fingerprint density at radius 2 is 2.00 bits per heavy atom. The SMILES string of the molecule is CCCCN(Cc1cncn1Cc1ccc(C#N)cc1)c1ccc2sccc2c1. The summed E-state index contributed by atoms with van der Waals surface area (Å²) in [7, 11) is 0. The molecule has 4 nitrogen and oxygen atoms in total. The van der Waals surface area contributed by atoms with Gasteiger partial charge in [-0.15, -0.1) is 11.3 Å². The van der Waals surface area contributed by atoms with Crippen LogP contribution in [-0.4, -0.2) is 16.1 Å². The molecular formula is C24H24N4S. The van der Waals surface area contributed by atoms with Crippen molar-refractivity contribution in [2.24, 2.45) is 0 Å². The minimum atomic E-state index is 0.689. The van der Waals surface area contributed by atoms with Crippen molar-refractivity contribution in [2.45, 2.75) is 32.9 Å². The van der Waals surface area contributed by atoms with Crippen molar-refractivity contribution in [1.29, 1.82) is 5.26 Å². The zero-order valence-corrected chi connectivity index (χ0v) is 17.4. The van der Waals surface area contributed by atoms with Gasteiger partial charge >= 0.3 is 0 Å². The topological polar surface area (TPSA) is 44.9 Å². The summed E-state index contributed by atoms with van der Waals surface area (Å²) < 4.78 is 3.53. The van der Waals surface area contributed by atoms with Gasteiger partial charge in [-0.2, -0.15) is 5.26 Å². The lowest BCUT2D eigenvalue weighted by atomic mass is 10.1. The number of fused-ring (bicyclic) bond motifs is 1. The molecule has 4 aromatic rings. The fraction of sp³-hybridized carbons (Fsp3) is 0.250. The first-order valence-electron chi connectivity index (χ1n) is 9.97. The fourth-order valence-corrected chi connectivity index (χ4v) is 4.27. The van der Waals surface area contributed by atoms with Crippen molar-refractivity contribution in [3.63, 3.8) is 0 Å². The third kappa shape index (κ3) is 4.49. The molecule has 0 N–H and O–H groups in total. The van der Waals surface area contributed by atoms with Crippen LogP contribution in [0.2, 0.25) is 0 Å². The van der Waals surface area contributed by atoms with E-state index in [1.807, 2.05) is 36.8 Å². The van der Waals surface area contributed by atoms with Crippen molar-refractivity contribution in [2.75, 3.05) is 11.4 Å². The summed E-state index contributed by atoms with van der Waals surface area (Å²) in [6.45, 7) is 4.84. The smallest absolute Gasteiger partial charge is 0.0991 e. The minimum Gasteiger partial charge on any atom is -0.366 e. The van der Waals surface area contributed by atoms with E-state index in [1.165, 1.54) is 33.5 Å². The fourth-order valence-electron chi connectivity index (χ4n) is 3.50. The van der Waals surface area contributed by atoms with E-state index >= 15 is 0 Å². The highest BCUT2D eigenvalue weighted by Crippen LogP contribution is 2.27. The molecule has 0 radical (unpaired) electrons. The first-order valence-corrected chi connectivity index (χ1v) is 10.8. The molecule has 29 heavy (non-hydrogen) atoms. The minimum absolute atomic E-state index is 0.689. The van der Waals surface area contributed by atoms with Crippen LogP contribution in [0.5, 0.6) is 0 Å². The van der Waals surface area contributed by atoms with Crippen LogP contribution in [0.15, 0.2) is 66.4 Å². The number of nitrogens with zero attached hydrogens (tertiary/aromatic N) is 4. The molecule has 0 saturated carbocycles. The van der Waals surface area contributed by atoms with Gasteiger partial charge in [-0.25, -0.2) is 4.98 Å². The lowest BCUT2D eigenvalue weighted by Gasteiger charge is -2.25. The molecule has 0 bridgehead atoms. The molecule has 0 spiro atoms. The highest BCUT2D eigenvalue weighted by molar-refractivity contribution is 7.17. The second-order valence-electron chi connectivity index (χ2n) is 7.24. The number of hydrogen-bond donors (Lipinski definition) is 0. The van der Waals surface area contributed by atoms with Crippen LogP contribution >= 0.6 is 11.3 Å². The Labute approximate surface area is 175 Å². The van der Waals surface area contributed by atoms with Crippen molar-refractivity contribution in [3.05, 3.63) is 83.3 Å². The molecule has 0 fully saturated rings. The highest BCUT2D eigenvalue weighted by Gasteiger charge is 2.12. The quantitative estimate of drug-likeness (QED) is 0.374. The van der Waals surface area contributed by atoms with Gasteiger partial charge in [0.2, 0.25) is 0 Å². The highest BCUT2D eigenvalue weighted by atomic mass is 32.1. The van der Waals surface area contributed by atoms with E-state index < -0.39 is 0 Å². The maximum atomic E-state index is 8.99. The first-order chi connectivity index (χ1) is 14.3. The van der Waals surface area contributed by atoms with Crippen molar-refractivity contribution < 1.29 is 0 Å². The van der Waals surface area contributed by atoms with Crippen LogP contribution in [0.25, 0.3) is 10.1 Å². The van der Waals surface area contributed by atoms with Crippen LogP contribution in [-0.2, 0) is 13.1 Å². The zero-order valence-electron chi connectivity index (χ0n) is 16.6. The van der Waals surface area contributed by atoms with Gasteiger partial charge in [0, 0.05) is 29.7 Å². The second kappa shape index (κ2) is 8.93. The molecule has 0 amide bonds. The number of nitriles is 1. The molecule has 146 valence electrons. The number of rotatable bonds is 8. The Balaban J connectivity index is 1.56. The van der Waals surface area contributed by atoms with Crippen LogP contribution < -0.4 is 4.90 Å². The third-order valence-corrected chi connectivity index (χ3v) is 6.07. The predicted octanol–water partition coefficient (Wildman–Crippen LogP) is 5.82. The summed E-state index contributed by atoms with van der Waals surface area (Å²) in [4.78, 5) is 6.86. The summed E-state index contributed by atoms with van der Waals surface area (Å²) >= 11 is 1.78. The molecule has 0 aliphatic carbocycles. The van der Waals surface area contributed by atoms with Crippen molar-refractivity contribution in [1.82, 2.24) is 9.55 Å². The van der Waals surface area contributed by atoms with E-state index in [2.05, 4.69) is 57.1 Å². The second-order valence-corrected chi connectivity index (χ2v) is 8.19. The number of thiophene rings is 1. The van der Waals surface area contributed by atoms with Crippen LogP contribution in [0, 0.1) is 11.3 Å². The first kappa shape index (κ1) is 19.2. The molecule has 0 aliphatic rings. The number of anilines is 1. The van der Waals surface area contributed by atoms with E-state index in [9.17, 15) is 0 Å². The maximum Gasteiger partial charge on any atom is 0.0991 e. The van der Waals surface area contributed by atoms with Gasteiger partial charge < -0.3 is 9.47 Å². The number of hydrogen-bond acceptors (Lipinski definition) is 4. The third-order valence-electron chi connectivity index (χ3n) is 5.17. The molecule has 5 heteroatoms. The number of imidazole rings is 1. The van der Waals surface area contributed by atoms with Crippen LogP contribution in [0.4, 0.5) is 5.69 Å². The summed E-state index contributed by atoms with van der Waals surface area (Å²) in [6.07, 6.45) is 6.19. The zero-order chi connectivity index (χ0) is 20.1. The summed E-state index contributed by atoms with van der Waals surface area (Å²) in [5.74, 6) is 0. The molecule has 2 aromatic carbocycles. The van der Waals surface area contributed by atoms with Crippen LogP contribution in [0.3, 0.4) is 0 Å².